The molecule has 3 nitrogen and oxygen atoms in total. The van der Waals surface area contributed by atoms with Crippen LogP contribution in [0.25, 0.3) is 0 Å². The second-order valence-electron chi connectivity index (χ2n) is 4.46. The first-order chi connectivity index (χ1) is 9.63. The number of Topliss-reactive ketones (excluding diaryl/α,β-unsaturated/α-hetero) is 1. The summed E-state index contributed by atoms with van der Waals surface area (Å²) in [5, 5.41) is 0.590. The van der Waals surface area contributed by atoms with Crippen LogP contribution in [0.1, 0.15) is 21.5 Å². The van der Waals surface area contributed by atoms with Crippen LogP contribution in [0.3, 0.4) is 0 Å². The Morgan fingerprint density at radius 1 is 1.20 bits per heavy atom. The number of hydrogen-bond donors (Lipinski definition) is 1. The summed E-state index contributed by atoms with van der Waals surface area (Å²) in [6.07, 6.45) is 0.256. The first-order valence-electron chi connectivity index (χ1n) is 6.28. The Labute approximate surface area is 123 Å². The molecule has 2 aromatic rings. The number of ether oxygens (including phenoxy) is 1. The quantitative estimate of drug-likeness (QED) is 0.860. The minimum atomic E-state index is 0.0224. The summed E-state index contributed by atoms with van der Waals surface area (Å²) in [6, 6.07) is 12.6. The SMILES string of the molecule is COc1ccc(Cl)cc1CC(=O)c1ccc(CN)cc1. The lowest BCUT2D eigenvalue weighted by Crippen LogP contribution is -2.05. The highest BCUT2D eigenvalue weighted by Gasteiger charge is 2.11. The molecule has 2 N–H and O–H groups in total. The molecule has 0 atom stereocenters. The van der Waals surface area contributed by atoms with Gasteiger partial charge < -0.3 is 10.5 Å². The number of nitrogens with two attached hydrogens (primary N) is 1. The van der Waals surface area contributed by atoms with E-state index in [1.165, 1.54) is 0 Å². The summed E-state index contributed by atoms with van der Waals surface area (Å²) in [4.78, 5) is 12.3. The van der Waals surface area contributed by atoms with Crippen LogP contribution in [0.5, 0.6) is 5.75 Å². The predicted molar refractivity (Wildman–Crippen MR) is 80.4 cm³/mol. The lowest BCUT2D eigenvalue weighted by molar-refractivity contribution is 0.0992. The van der Waals surface area contributed by atoms with Gasteiger partial charge in [0.2, 0.25) is 0 Å². The van der Waals surface area contributed by atoms with Crippen LogP contribution in [-0.4, -0.2) is 12.9 Å². The Hall–Kier alpha value is -1.84. The van der Waals surface area contributed by atoms with Crippen molar-refractivity contribution in [2.75, 3.05) is 7.11 Å². The van der Waals surface area contributed by atoms with Gasteiger partial charge in [0.1, 0.15) is 5.75 Å². The fraction of sp³-hybridized carbons (Fsp3) is 0.188. The summed E-state index contributed by atoms with van der Waals surface area (Å²) in [5.74, 6) is 0.690. The Bertz CT molecular complexity index is 608. The van der Waals surface area contributed by atoms with Crippen molar-refractivity contribution in [2.45, 2.75) is 13.0 Å². The number of benzene rings is 2. The smallest absolute Gasteiger partial charge is 0.167 e. The summed E-state index contributed by atoms with van der Waals surface area (Å²) in [6.45, 7) is 0.469. The molecule has 2 rings (SSSR count). The highest BCUT2D eigenvalue weighted by atomic mass is 35.5. The molecule has 0 aliphatic heterocycles. The number of methoxy groups -OCH3 is 1. The molecule has 104 valence electrons. The van der Waals surface area contributed by atoms with Crippen LogP contribution in [-0.2, 0) is 13.0 Å². The molecule has 0 aliphatic carbocycles. The van der Waals surface area contributed by atoms with Gasteiger partial charge in [-0.05, 0) is 23.8 Å². The second kappa shape index (κ2) is 6.55. The zero-order valence-electron chi connectivity index (χ0n) is 11.2. The van der Waals surface area contributed by atoms with Gasteiger partial charge in [0.25, 0.3) is 0 Å². The minimum Gasteiger partial charge on any atom is -0.496 e. The fourth-order valence-corrected chi connectivity index (χ4v) is 2.18. The number of ketones is 1. The molecule has 2 aromatic carbocycles. The van der Waals surface area contributed by atoms with Gasteiger partial charge >= 0.3 is 0 Å². The van der Waals surface area contributed by atoms with Gasteiger partial charge in [-0.15, -0.1) is 0 Å². The van der Waals surface area contributed by atoms with Crippen molar-refractivity contribution in [1.82, 2.24) is 0 Å². The molecular weight excluding hydrogens is 274 g/mol. The van der Waals surface area contributed by atoms with E-state index >= 15 is 0 Å². The maximum Gasteiger partial charge on any atom is 0.167 e. The molecule has 0 spiro atoms. The van der Waals surface area contributed by atoms with E-state index in [9.17, 15) is 4.79 Å². The maximum atomic E-state index is 12.3. The van der Waals surface area contributed by atoms with Crippen molar-refractivity contribution in [3.05, 3.63) is 64.2 Å². The number of rotatable bonds is 5. The van der Waals surface area contributed by atoms with Gasteiger partial charge in [-0.3, -0.25) is 4.79 Å². The Morgan fingerprint density at radius 2 is 1.90 bits per heavy atom. The molecule has 0 amide bonds. The highest BCUT2D eigenvalue weighted by molar-refractivity contribution is 6.30. The van der Waals surface area contributed by atoms with E-state index in [0.717, 1.165) is 11.1 Å². The van der Waals surface area contributed by atoms with Crippen molar-refractivity contribution in [1.29, 1.82) is 0 Å². The van der Waals surface area contributed by atoms with Crippen LogP contribution in [0.15, 0.2) is 42.5 Å². The van der Waals surface area contributed by atoms with E-state index in [2.05, 4.69) is 0 Å². The molecule has 0 unspecified atom stereocenters. The lowest BCUT2D eigenvalue weighted by Gasteiger charge is -2.08. The number of carbonyl (C=O) groups excluding carboxylic acids is 1. The third-order valence-electron chi connectivity index (χ3n) is 3.11. The van der Waals surface area contributed by atoms with Crippen molar-refractivity contribution < 1.29 is 9.53 Å². The van der Waals surface area contributed by atoms with Crippen LogP contribution in [0, 0.1) is 0 Å². The summed E-state index contributed by atoms with van der Waals surface area (Å²) in [7, 11) is 1.58. The molecule has 0 saturated heterocycles. The second-order valence-corrected chi connectivity index (χ2v) is 4.89. The molecule has 0 aromatic heterocycles. The van der Waals surface area contributed by atoms with Gasteiger partial charge in [0.05, 0.1) is 7.11 Å². The Kier molecular flexibility index (Phi) is 4.77. The average Bonchev–Trinajstić information content (AvgIpc) is 2.47. The van der Waals surface area contributed by atoms with Crippen molar-refractivity contribution >= 4 is 17.4 Å². The Morgan fingerprint density at radius 3 is 2.50 bits per heavy atom. The number of carbonyl (C=O) groups is 1. The predicted octanol–water partition coefficient (Wildman–Crippen LogP) is 3.23. The maximum absolute atomic E-state index is 12.3. The van der Waals surface area contributed by atoms with E-state index in [1.807, 2.05) is 12.1 Å². The van der Waals surface area contributed by atoms with E-state index in [4.69, 9.17) is 22.1 Å². The van der Waals surface area contributed by atoms with Crippen LogP contribution < -0.4 is 10.5 Å². The van der Waals surface area contributed by atoms with Crippen LogP contribution in [0.4, 0.5) is 0 Å². The largest absolute Gasteiger partial charge is 0.496 e. The first-order valence-corrected chi connectivity index (χ1v) is 6.66. The van der Waals surface area contributed by atoms with E-state index in [1.54, 1.807) is 37.4 Å². The number of halogens is 1. The van der Waals surface area contributed by atoms with Gasteiger partial charge in [0.15, 0.2) is 5.78 Å². The van der Waals surface area contributed by atoms with Crippen LogP contribution >= 0.6 is 11.6 Å². The molecule has 0 fully saturated rings. The lowest BCUT2D eigenvalue weighted by atomic mass is 10.0. The minimum absolute atomic E-state index is 0.0224. The number of hydrogen-bond acceptors (Lipinski definition) is 3. The normalized spacial score (nSPS) is 10.3. The molecule has 0 heterocycles. The van der Waals surface area contributed by atoms with Crippen LogP contribution in [0.2, 0.25) is 5.02 Å². The molecular formula is C16H16ClNO2. The van der Waals surface area contributed by atoms with Gasteiger partial charge in [-0.1, -0.05) is 35.9 Å². The summed E-state index contributed by atoms with van der Waals surface area (Å²) in [5.41, 5.74) is 7.98. The monoisotopic (exact) mass is 289 g/mol. The van der Waals surface area contributed by atoms with Gasteiger partial charge in [0, 0.05) is 29.1 Å². The first kappa shape index (κ1) is 14.6. The highest BCUT2D eigenvalue weighted by Crippen LogP contribution is 2.24. The zero-order chi connectivity index (χ0) is 14.5. The fourth-order valence-electron chi connectivity index (χ4n) is 1.99. The topological polar surface area (TPSA) is 52.3 Å². The standard InChI is InChI=1S/C16H16ClNO2/c1-20-16-7-6-14(17)8-13(16)9-15(19)12-4-2-11(10-18)3-5-12/h2-8H,9-10,18H2,1H3. The van der Waals surface area contributed by atoms with Gasteiger partial charge in [-0.2, -0.15) is 0 Å². The summed E-state index contributed by atoms with van der Waals surface area (Å²) >= 11 is 5.96. The summed E-state index contributed by atoms with van der Waals surface area (Å²) < 4.78 is 5.25. The molecule has 20 heavy (non-hydrogen) atoms. The third-order valence-corrected chi connectivity index (χ3v) is 3.34. The third kappa shape index (κ3) is 3.38. The van der Waals surface area contributed by atoms with E-state index in [-0.39, 0.29) is 12.2 Å². The van der Waals surface area contributed by atoms with Crippen molar-refractivity contribution in [3.63, 3.8) is 0 Å². The van der Waals surface area contributed by atoms with E-state index < -0.39 is 0 Å². The molecule has 0 aliphatic rings. The molecule has 0 bridgehead atoms. The van der Waals surface area contributed by atoms with Crippen molar-refractivity contribution in [3.8, 4) is 5.75 Å². The molecule has 4 heteroatoms. The average molecular weight is 290 g/mol. The van der Waals surface area contributed by atoms with Gasteiger partial charge in [-0.25, -0.2) is 0 Å². The zero-order valence-corrected chi connectivity index (χ0v) is 12.0. The Balaban J connectivity index is 2.20. The molecule has 0 saturated carbocycles. The molecule has 0 radical (unpaired) electrons. The van der Waals surface area contributed by atoms with Crippen molar-refractivity contribution in [2.24, 2.45) is 5.73 Å². The van der Waals surface area contributed by atoms with E-state index in [0.29, 0.717) is 22.9 Å².